The summed E-state index contributed by atoms with van der Waals surface area (Å²) in [5, 5.41) is 11.9. The quantitative estimate of drug-likeness (QED) is 0.686. The third-order valence-electron chi connectivity index (χ3n) is 3.80. The molecule has 0 aromatic heterocycles. The lowest BCUT2D eigenvalue weighted by Gasteiger charge is -2.10. The Morgan fingerprint density at radius 3 is 2.19 bits per heavy atom. The van der Waals surface area contributed by atoms with Crippen molar-refractivity contribution in [2.45, 2.75) is 0 Å². The van der Waals surface area contributed by atoms with E-state index in [-0.39, 0.29) is 16.4 Å². The van der Waals surface area contributed by atoms with Gasteiger partial charge in [0.15, 0.2) is 5.78 Å². The van der Waals surface area contributed by atoms with Crippen molar-refractivity contribution in [3.63, 3.8) is 0 Å². The molecular weight excluding hydrogens is 348 g/mol. The van der Waals surface area contributed by atoms with Crippen molar-refractivity contribution in [1.29, 1.82) is 5.26 Å². The molecule has 3 rings (SSSR count). The van der Waals surface area contributed by atoms with Gasteiger partial charge in [-0.3, -0.25) is 9.59 Å². The molecular formula is C21H13ClN2O2. The summed E-state index contributed by atoms with van der Waals surface area (Å²) in [6, 6.07) is 22.0. The summed E-state index contributed by atoms with van der Waals surface area (Å²) in [5.41, 5.74) is 1.86. The Kier molecular flexibility index (Phi) is 5.12. The van der Waals surface area contributed by atoms with Gasteiger partial charge >= 0.3 is 0 Å². The fourth-order valence-corrected chi connectivity index (χ4v) is 2.73. The maximum atomic E-state index is 12.7. The predicted molar refractivity (Wildman–Crippen MR) is 100 cm³/mol. The summed E-state index contributed by atoms with van der Waals surface area (Å²) in [4.78, 5) is 25.4. The minimum atomic E-state index is -0.425. The molecule has 126 valence electrons. The third-order valence-corrected chi connectivity index (χ3v) is 4.11. The van der Waals surface area contributed by atoms with Gasteiger partial charge in [-0.2, -0.15) is 5.26 Å². The van der Waals surface area contributed by atoms with E-state index in [0.717, 1.165) is 0 Å². The molecule has 0 aliphatic rings. The topological polar surface area (TPSA) is 70.0 Å². The van der Waals surface area contributed by atoms with E-state index in [1.54, 1.807) is 54.6 Å². The molecule has 4 nitrogen and oxygen atoms in total. The molecule has 0 saturated carbocycles. The van der Waals surface area contributed by atoms with Crippen molar-refractivity contribution in [3.05, 3.63) is 100 Å². The molecule has 0 radical (unpaired) electrons. The average molecular weight is 361 g/mol. The first kappa shape index (κ1) is 17.4. The van der Waals surface area contributed by atoms with Crippen LogP contribution in [0.25, 0.3) is 0 Å². The third kappa shape index (κ3) is 3.64. The second-order valence-electron chi connectivity index (χ2n) is 5.50. The molecule has 0 heterocycles. The van der Waals surface area contributed by atoms with Crippen LogP contribution in [0, 0.1) is 11.3 Å². The van der Waals surface area contributed by atoms with Crippen molar-refractivity contribution >= 4 is 29.0 Å². The van der Waals surface area contributed by atoms with E-state index in [1.165, 1.54) is 12.1 Å². The number of nitriles is 1. The highest BCUT2D eigenvalue weighted by Gasteiger charge is 2.18. The lowest BCUT2D eigenvalue weighted by molar-refractivity contribution is 0.0996. The van der Waals surface area contributed by atoms with Gasteiger partial charge in [-0.15, -0.1) is 0 Å². The molecule has 1 amide bonds. The van der Waals surface area contributed by atoms with E-state index < -0.39 is 5.91 Å². The summed E-state index contributed by atoms with van der Waals surface area (Å²) in [6.45, 7) is 0. The Labute approximate surface area is 155 Å². The maximum absolute atomic E-state index is 12.7. The Hall–Kier alpha value is -3.42. The number of hydrogen-bond acceptors (Lipinski definition) is 3. The van der Waals surface area contributed by atoms with Crippen LogP contribution in [0.1, 0.15) is 31.8 Å². The number of benzene rings is 3. The number of nitrogens with zero attached hydrogens (tertiary/aromatic N) is 1. The van der Waals surface area contributed by atoms with Gasteiger partial charge in [0.05, 0.1) is 16.1 Å². The maximum Gasteiger partial charge on any atom is 0.256 e. The number of halogens is 1. The van der Waals surface area contributed by atoms with Crippen molar-refractivity contribution in [2.24, 2.45) is 0 Å². The minimum absolute atomic E-state index is 0.228. The van der Waals surface area contributed by atoms with Crippen molar-refractivity contribution in [1.82, 2.24) is 0 Å². The smallest absolute Gasteiger partial charge is 0.256 e. The summed E-state index contributed by atoms with van der Waals surface area (Å²) in [6.07, 6.45) is 0. The Morgan fingerprint density at radius 2 is 1.54 bits per heavy atom. The average Bonchev–Trinajstić information content (AvgIpc) is 2.68. The number of hydrogen-bond donors (Lipinski definition) is 1. The van der Waals surface area contributed by atoms with E-state index in [0.29, 0.717) is 22.4 Å². The molecule has 26 heavy (non-hydrogen) atoms. The van der Waals surface area contributed by atoms with E-state index in [9.17, 15) is 9.59 Å². The summed E-state index contributed by atoms with van der Waals surface area (Å²) in [5.74, 6) is -0.653. The van der Waals surface area contributed by atoms with Gasteiger partial charge in [-0.05, 0) is 24.3 Å². The highest BCUT2D eigenvalue weighted by molar-refractivity contribution is 6.32. The Balaban J connectivity index is 1.90. The summed E-state index contributed by atoms with van der Waals surface area (Å²) in [7, 11) is 0. The molecule has 0 bridgehead atoms. The fraction of sp³-hybridized carbons (Fsp3) is 0. The fourth-order valence-electron chi connectivity index (χ4n) is 2.51. The molecule has 0 unspecified atom stereocenters. The van der Waals surface area contributed by atoms with Crippen LogP contribution in [0.15, 0.2) is 72.8 Å². The minimum Gasteiger partial charge on any atom is -0.322 e. The number of anilines is 1. The van der Waals surface area contributed by atoms with Crippen LogP contribution >= 0.6 is 11.6 Å². The molecule has 1 N–H and O–H groups in total. The molecule has 0 spiro atoms. The van der Waals surface area contributed by atoms with Crippen molar-refractivity contribution in [3.8, 4) is 6.07 Å². The lowest BCUT2D eigenvalue weighted by Crippen LogP contribution is -2.17. The Morgan fingerprint density at radius 1 is 0.885 bits per heavy atom. The van der Waals surface area contributed by atoms with E-state index in [1.807, 2.05) is 12.1 Å². The summed E-state index contributed by atoms with van der Waals surface area (Å²) < 4.78 is 0. The van der Waals surface area contributed by atoms with Gasteiger partial charge in [0, 0.05) is 16.8 Å². The molecule has 5 heteroatoms. The molecule has 0 aliphatic heterocycles. The van der Waals surface area contributed by atoms with Crippen LogP contribution in [0.4, 0.5) is 5.69 Å². The molecule has 3 aromatic rings. The van der Waals surface area contributed by atoms with E-state index in [2.05, 4.69) is 5.32 Å². The molecule has 0 saturated heterocycles. The number of carbonyl (C=O) groups excluding carboxylic acids is 2. The first-order valence-electron chi connectivity index (χ1n) is 7.80. The lowest BCUT2D eigenvalue weighted by atomic mass is 9.98. The monoisotopic (exact) mass is 360 g/mol. The van der Waals surface area contributed by atoms with Gasteiger partial charge in [0.1, 0.15) is 6.07 Å². The number of nitrogens with one attached hydrogen (secondary N) is 1. The van der Waals surface area contributed by atoms with Gasteiger partial charge in [-0.1, -0.05) is 60.1 Å². The van der Waals surface area contributed by atoms with Crippen LogP contribution in [0.5, 0.6) is 0 Å². The van der Waals surface area contributed by atoms with Crippen LogP contribution in [-0.2, 0) is 0 Å². The number of amides is 1. The molecule has 0 aliphatic carbocycles. The zero-order valence-corrected chi connectivity index (χ0v) is 14.3. The second-order valence-corrected chi connectivity index (χ2v) is 5.91. The number of ketones is 1. The number of carbonyl (C=O) groups is 2. The van der Waals surface area contributed by atoms with Gasteiger partial charge in [0.25, 0.3) is 5.91 Å². The highest BCUT2D eigenvalue weighted by Crippen LogP contribution is 2.22. The largest absolute Gasteiger partial charge is 0.322 e. The zero-order chi connectivity index (χ0) is 18.5. The van der Waals surface area contributed by atoms with Gasteiger partial charge in [0.2, 0.25) is 0 Å². The van der Waals surface area contributed by atoms with Gasteiger partial charge < -0.3 is 5.32 Å². The molecule has 3 aromatic carbocycles. The van der Waals surface area contributed by atoms with Crippen molar-refractivity contribution < 1.29 is 9.59 Å². The van der Waals surface area contributed by atoms with E-state index >= 15 is 0 Å². The molecule has 0 atom stereocenters. The normalized spacial score (nSPS) is 10.0. The number of rotatable bonds is 4. The van der Waals surface area contributed by atoms with Crippen molar-refractivity contribution in [2.75, 3.05) is 5.32 Å². The second kappa shape index (κ2) is 7.64. The van der Waals surface area contributed by atoms with Crippen LogP contribution in [-0.4, -0.2) is 11.7 Å². The van der Waals surface area contributed by atoms with Gasteiger partial charge in [-0.25, -0.2) is 0 Å². The first-order valence-corrected chi connectivity index (χ1v) is 8.17. The molecule has 0 fully saturated rings. The predicted octanol–water partition coefficient (Wildman–Crippen LogP) is 4.69. The van der Waals surface area contributed by atoms with Crippen LogP contribution in [0.2, 0.25) is 5.02 Å². The SMILES string of the molecule is N#Cc1ccc(NC(=O)c2ccccc2C(=O)c2ccccc2)cc1Cl. The highest BCUT2D eigenvalue weighted by atomic mass is 35.5. The van der Waals surface area contributed by atoms with E-state index in [4.69, 9.17) is 16.9 Å². The first-order chi connectivity index (χ1) is 12.6. The zero-order valence-electron chi connectivity index (χ0n) is 13.6. The Bertz CT molecular complexity index is 1020. The standard InChI is InChI=1S/C21H13ClN2O2/c22-19-12-16(11-10-15(19)13-23)24-21(26)18-9-5-4-8-17(18)20(25)14-6-2-1-3-7-14/h1-12H,(H,24,26). The van der Waals surface area contributed by atoms with Crippen LogP contribution in [0.3, 0.4) is 0 Å². The summed E-state index contributed by atoms with van der Waals surface area (Å²) >= 11 is 5.99. The van der Waals surface area contributed by atoms with Crippen LogP contribution < -0.4 is 5.32 Å².